The van der Waals surface area contributed by atoms with Gasteiger partial charge in [0.25, 0.3) is 0 Å². The second-order valence-electron chi connectivity index (χ2n) is 4.29. The van der Waals surface area contributed by atoms with Crippen molar-refractivity contribution < 1.29 is 9.13 Å². The summed E-state index contributed by atoms with van der Waals surface area (Å²) in [4.78, 5) is 4.03. The van der Waals surface area contributed by atoms with E-state index in [2.05, 4.69) is 26.2 Å². The van der Waals surface area contributed by atoms with E-state index in [1.807, 2.05) is 13.8 Å². The number of hydrogen-bond acceptors (Lipinski definition) is 3. The summed E-state index contributed by atoms with van der Waals surface area (Å²) in [5.74, 6) is -0.0715. The van der Waals surface area contributed by atoms with Gasteiger partial charge in [-0.15, -0.1) is 0 Å². The lowest BCUT2D eigenvalue weighted by Crippen LogP contribution is -2.41. The molecule has 1 aliphatic rings. The molecule has 2 atom stereocenters. The first-order valence-electron chi connectivity index (χ1n) is 5.22. The molecular weight excluding hydrogens is 275 g/mol. The Morgan fingerprint density at radius 1 is 1.69 bits per heavy atom. The summed E-state index contributed by atoms with van der Waals surface area (Å²) >= 11 is 3.18. The van der Waals surface area contributed by atoms with Crippen LogP contribution >= 0.6 is 15.9 Å². The number of nitrogens with zero attached hydrogens (tertiary/aromatic N) is 1. The minimum atomic E-state index is -0.352. The number of ether oxygens (including phenoxy) is 1. The van der Waals surface area contributed by atoms with E-state index in [4.69, 9.17) is 4.74 Å². The largest absolute Gasteiger partial charge is 0.376 e. The normalized spacial score (nSPS) is 29.4. The Labute approximate surface area is 103 Å². The Bertz CT molecular complexity index is 402. The minimum absolute atomic E-state index is 0.0531. The van der Waals surface area contributed by atoms with Gasteiger partial charge in [-0.1, -0.05) is 0 Å². The number of hydrogen-bond donors (Lipinski definition) is 1. The Morgan fingerprint density at radius 2 is 2.44 bits per heavy atom. The molecule has 3 nitrogen and oxygen atoms in total. The van der Waals surface area contributed by atoms with Crippen molar-refractivity contribution >= 4 is 21.7 Å². The van der Waals surface area contributed by atoms with E-state index in [0.29, 0.717) is 11.1 Å². The van der Waals surface area contributed by atoms with Crippen molar-refractivity contribution in [2.24, 2.45) is 0 Å². The molecule has 2 heterocycles. The molecule has 1 aromatic heterocycles. The predicted molar refractivity (Wildman–Crippen MR) is 64.0 cm³/mol. The summed E-state index contributed by atoms with van der Waals surface area (Å²) in [5.41, 5.74) is -0.248. The highest BCUT2D eigenvalue weighted by Crippen LogP contribution is 2.30. The van der Waals surface area contributed by atoms with E-state index < -0.39 is 0 Å². The summed E-state index contributed by atoms with van der Waals surface area (Å²) in [6.07, 6.45) is 2.48. The van der Waals surface area contributed by atoms with Crippen LogP contribution in [0.5, 0.6) is 0 Å². The molecule has 2 unspecified atom stereocenters. The minimum Gasteiger partial charge on any atom is -0.376 e. The molecule has 1 fully saturated rings. The SMILES string of the molecule is CC1OCCC1(C)Nc1ncc(Br)cc1F. The lowest BCUT2D eigenvalue weighted by molar-refractivity contribution is 0.105. The van der Waals surface area contributed by atoms with Crippen molar-refractivity contribution in [1.82, 2.24) is 4.98 Å². The van der Waals surface area contributed by atoms with Gasteiger partial charge in [0.15, 0.2) is 11.6 Å². The predicted octanol–water partition coefficient (Wildman–Crippen LogP) is 2.96. The summed E-state index contributed by atoms with van der Waals surface area (Å²) in [5, 5.41) is 3.13. The number of pyridine rings is 1. The van der Waals surface area contributed by atoms with E-state index in [1.54, 1.807) is 6.20 Å². The summed E-state index contributed by atoms with van der Waals surface area (Å²) in [6, 6.07) is 1.40. The van der Waals surface area contributed by atoms with Crippen molar-refractivity contribution in [3.8, 4) is 0 Å². The van der Waals surface area contributed by atoms with Crippen molar-refractivity contribution in [3.05, 3.63) is 22.6 Å². The number of aromatic nitrogens is 1. The van der Waals surface area contributed by atoms with Crippen LogP contribution in [0.3, 0.4) is 0 Å². The van der Waals surface area contributed by atoms with Gasteiger partial charge >= 0.3 is 0 Å². The molecule has 1 aromatic rings. The Balaban J connectivity index is 2.20. The fourth-order valence-corrected chi connectivity index (χ4v) is 2.08. The molecule has 1 saturated heterocycles. The smallest absolute Gasteiger partial charge is 0.166 e. The highest BCUT2D eigenvalue weighted by molar-refractivity contribution is 9.10. The van der Waals surface area contributed by atoms with E-state index in [0.717, 1.165) is 6.42 Å². The topological polar surface area (TPSA) is 34.1 Å². The van der Waals surface area contributed by atoms with Gasteiger partial charge in [0.1, 0.15) is 0 Å². The first-order chi connectivity index (χ1) is 7.51. The fourth-order valence-electron chi connectivity index (χ4n) is 1.78. The van der Waals surface area contributed by atoms with Gasteiger partial charge in [-0.05, 0) is 42.3 Å². The van der Waals surface area contributed by atoms with Gasteiger partial charge in [0.05, 0.1) is 11.6 Å². The zero-order chi connectivity index (χ0) is 11.8. The maximum absolute atomic E-state index is 13.6. The molecule has 1 aliphatic heterocycles. The molecule has 0 spiro atoms. The molecule has 0 amide bonds. The Hall–Kier alpha value is -0.680. The van der Waals surface area contributed by atoms with Gasteiger partial charge in [-0.3, -0.25) is 0 Å². The van der Waals surface area contributed by atoms with Crippen LogP contribution in [0.1, 0.15) is 20.3 Å². The van der Waals surface area contributed by atoms with Gasteiger partial charge < -0.3 is 10.1 Å². The number of rotatable bonds is 2. The first kappa shape index (κ1) is 11.8. The molecule has 0 saturated carbocycles. The highest BCUT2D eigenvalue weighted by atomic mass is 79.9. The van der Waals surface area contributed by atoms with Crippen molar-refractivity contribution in [1.29, 1.82) is 0 Å². The average Bonchev–Trinajstić information content (AvgIpc) is 2.52. The molecule has 0 radical (unpaired) electrons. The van der Waals surface area contributed by atoms with Gasteiger partial charge in [-0.2, -0.15) is 0 Å². The standard InChI is InChI=1S/C11H14BrFN2O/c1-7-11(2,3-4-16-7)15-10-9(13)5-8(12)6-14-10/h5-7H,3-4H2,1-2H3,(H,14,15). The first-order valence-corrected chi connectivity index (χ1v) is 6.01. The zero-order valence-corrected chi connectivity index (χ0v) is 10.8. The molecule has 2 rings (SSSR count). The Morgan fingerprint density at radius 3 is 3.00 bits per heavy atom. The van der Waals surface area contributed by atoms with E-state index >= 15 is 0 Å². The maximum atomic E-state index is 13.6. The zero-order valence-electron chi connectivity index (χ0n) is 9.26. The van der Waals surface area contributed by atoms with E-state index in [-0.39, 0.29) is 23.3 Å². The van der Waals surface area contributed by atoms with Crippen molar-refractivity contribution in [2.75, 3.05) is 11.9 Å². The van der Waals surface area contributed by atoms with Crippen molar-refractivity contribution in [3.63, 3.8) is 0 Å². The van der Waals surface area contributed by atoms with E-state index in [9.17, 15) is 4.39 Å². The van der Waals surface area contributed by atoms with Crippen LogP contribution < -0.4 is 5.32 Å². The molecule has 88 valence electrons. The molecule has 1 N–H and O–H groups in total. The second-order valence-corrected chi connectivity index (χ2v) is 5.21. The van der Waals surface area contributed by atoms with Crippen LogP contribution in [0.25, 0.3) is 0 Å². The maximum Gasteiger partial charge on any atom is 0.166 e. The Kier molecular flexibility index (Phi) is 3.17. The molecule has 0 aromatic carbocycles. The van der Waals surface area contributed by atoms with E-state index in [1.165, 1.54) is 6.07 Å². The highest BCUT2D eigenvalue weighted by Gasteiger charge is 2.37. The van der Waals surface area contributed by atoms with Crippen LogP contribution in [0.15, 0.2) is 16.7 Å². The monoisotopic (exact) mass is 288 g/mol. The van der Waals surface area contributed by atoms with Gasteiger partial charge in [0, 0.05) is 17.3 Å². The molecule has 0 bridgehead atoms. The molecular formula is C11H14BrFN2O. The average molecular weight is 289 g/mol. The van der Waals surface area contributed by atoms with Gasteiger partial charge in [0.2, 0.25) is 0 Å². The number of nitrogens with one attached hydrogen (secondary N) is 1. The van der Waals surface area contributed by atoms with Crippen LogP contribution in [-0.4, -0.2) is 23.2 Å². The van der Waals surface area contributed by atoms with Gasteiger partial charge in [-0.25, -0.2) is 9.37 Å². The lowest BCUT2D eigenvalue weighted by Gasteiger charge is -2.29. The van der Waals surface area contributed by atoms with Crippen LogP contribution in [-0.2, 0) is 4.74 Å². The van der Waals surface area contributed by atoms with Crippen LogP contribution in [0.2, 0.25) is 0 Å². The number of anilines is 1. The number of halogens is 2. The molecule has 0 aliphatic carbocycles. The third-order valence-electron chi connectivity index (χ3n) is 3.10. The summed E-state index contributed by atoms with van der Waals surface area (Å²) < 4.78 is 19.7. The second kappa shape index (κ2) is 4.30. The fraction of sp³-hybridized carbons (Fsp3) is 0.545. The lowest BCUT2D eigenvalue weighted by atomic mass is 9.95. The molecule has 16 heavy (non-hydrogen) atoms. The molecule has 5 heteroatoms. The van der Waals surface area contributed by atoms with Crippen LogP contribution in [0.4, 0.5) is 10.2 Å². The third-order valence-corrected chi connectivity index (χ3v) is 3.53. The van der Waals surface area contributed by atoms with Crippen LogP contribution in [0, 0.1) is 5.82 Å². The summed E-state index contributed by atoms with van der Waals surface area (Å²) in [7, 11) is 0. The quantitative estimate of drug-likeness (QED) is 0.909. The van der Waals surface area contributed by atoms with Crippen molar-refractivity contribution in [2.45, 2.75) is 31.9 Å². The third kappa shape index (κ3) is 2.20. The summed E-state index contributed by atoms with van der Waals surface area (Å²) in [6.45, 7) is 4.70.